The van der Waals surface area contributed by atoms with Crippen molar-refractivity contribution in [3.05, 3.63) is 78.1 Å². The molecule has 8 nitrogen and oxygen atoms in total. The summed E-state index contributed by atoms with van der Waals surface area (Å²) in [5.41, 5.74) is 0.980. The number of carbonyl (C=O) groups excluding carboxylic acids is 1. The summed E-state index contributed by atoms with van der Waals surface area (Å²) in [6, 6.07) is 17.1. The Balaban J connectivity index is 1.14. The summed E-state index contributed by atoms with van der Waals surface area (Å²) in [5.74, 6) is 1.12. The lowest BCUT2D eigenvalue weighted by Gasteiger charge is -2.17. The van der Waals surface area contributed by atoms with E-state index in [9.17, 15) is 18.0 Å². The normalized spacial score (nSPS) is 15.7. The summed E-state index contributed by atoms with van der Waals surface area (Å²) in [5, 5.41) is 3.66. The highest BCUT2D eigenvalue weighted by molar-refractivity contribution is 6.04. The van der Waals surface area contributed by atoms with Crippen LogP contribution in [0.2, 0.25) is 0 Å². The number of nitrogens with one attached hydrogen (secondary N) is 1. The predicted molar refractivity (Wildman–Crippen MR) is 148 cm³/mol. The number of nitrogens with zero attached hydrogens (tertiary/aromatic N) is 4. The average molecular weight is 566 g/mol. The summed E-state index contributed by atoms with van der Waals surface area (Å²) in [4.78, 5) is 28.4. The molecule has 41 heavy (non-hydrogen) atoms. The Hall–Kier alpha value is -4.25. The van der Waals surface area contributed by atoms with E-state index >= 15 is 0 Å². The molecule has 2 aromatic carbocycles. The van der Waals surface area contributed by atoms with Gasteiger partial charge >= 0.3 is 6.18 Å². The zero-order valence-corrected chi connectivity index (χ0v) is 22.5. The molecule has 1 saturated heterocycles. The highest BCUT2D eigenvalue weighted by Gasteiger charge is 2.31. The van der Waals surface area contributed by atoms with Crippen LogP contribution in [0.25, 0.3) is 22.3 Å². The number of pyridine rings is 1. The van der Waals surface area contributed by atoms with Crippen molar-refractivity contribution < 1.29 is 27.4 Å². The van der Waals surface area contributed by atoms with Crippen LogP contribution in [-0.2, 0) is 6.18 Å². The molecule has 3 heterocycles. The number of carbonyl (C=O) groups is 1. The fraction of sp³-hybridized carbons (Fsp3) is 0.333. The first-order chi connectivity index (χ1) is 19.8. The van der Waals surface area contributed by atoms with E-state index in [0.29, 0.717) is 48.5 Å². The second-order valence-electron chi connectivity index (χ2n) is 9.69. The van der Waals surface area contributed by atoms with Gasteiger partial charge in [-0.25, -0.2) is 15.0 Å². The van der Waals surface area contributed by atoms with E-state index in [4.69, 9.17) is 9.47 Å². The van der Waals surface area contributed by atoms with Gasteiger partial charge in [0.2, 0.25) is 5.88 Å². The maximum Gasteiger partial charge on any atom is 0.417 e. The minimum absolute atomic E-state index is 0.151. The van der Waals surface area contributed by atoms with Gasteiger partial charge in [0, 0.05) is 42.8 Å². The highest BCUT2D eigenvalue weighted by atomic mass is 19.4. The van der Waals surface area contributed by atoms with E-state index in [2.05, 4.69) is 25.2 Å². The molecule has 1 fully saturated rings. The number of aromatic nitrogens is 3. The second-order valence-corrected chi connectivity index (χ2v) is 9.69. The number of rotatable bonds is 10. The van der Waals surface area contributed by atoms with Crippen LogP contribution in [0, 0.1) is 0 Å². The van der Waals surface area contributed by atoms with Gasteiger partial charge in [-0.3, -0.25) is 9.69 Å². The summed E-state index contributed by atoms with van der Waals surface area (Å²) in [6.07, 6.45) is -2.33. The van der Waals surface area contributed by atoms with E-state index < -0.39 is 11.7 Å². The molecule has 4 aromatic rings. The monoisotopic (exact) mass is 565 g/mol. The van der Waals surface area contributed by atoms with Crippen molar-refractivity contribution in [1.29, 1.82) is 0 Å². The molecule has 0 aliphatic carbocycles. The van der Waals surface area contributed by atoms with Crippen molar-refractivity contribution >= 4 is 16.8 Å². The van der Waals surface area contributed by atoms with Gasteiger partial charge in [0.25, 0.3) is 5.91 Å². The van der Waals surface area contributed by atoms with Gasteiger partial charge in [-0.15, -0.1) is 0 Å². The molecular weight excluding hydrogens is 535 g/mol. The quantitative estimate of drug-likeness (QED) is 0.258. The molecule has 0 spiro atoms. The number of ether oxygens (including phenoxy) is 2. The number of halogens is 3. The molecule has 214 valence electrons. The Labute approximate surface area is 235 Å². The lowest BCUT2D eigenvalue weighted by molar-refractivity contribution is -0.137. The van der Waals surface area contributed by atoms with Crippen LogP contribution in [0.3, 0.4) is 0 Å². The molecule has 1 aliphatic heterocycles. The summed E-state index contributed by atoms with van der Waals surface area (Å²) in [6.45, 7) is 5.12. The van der Waals surface area contributed by atoms with E-state index in [1.165, 1.54) is 6.07 Å². The average Bonchev–Trinajstić information content (AvgIpc) is 3.42. The van der Waals surface area contributed by atoms with Crippen LogP contribution in [0.4, 0.5) is 13.2 Å². The summed E-state index contributed by atoms with van der Waals surface area (Å²) >= 11 is 0. The van der Waals surface area contributed by atoms with Crippen LogP contribution in [0.15, 0.2) is 66.9 Å². The standard InChI is InChI=1S/C30H30F3N5O3/c1-2-40-22-11-8-20(9-12-22)28-36-25-7-4-3-6-24(25)27(37-28)29(39)34-15-5-16-38-17-14-23(19-38)41-26-13-10-21(18-35-26)30(31,32)33/h3-4,6-13,18,23H,2,5,14-17,19H2,1H3,(H,34,39)/t23-/m0/s1. The van der Waals surface area contributed by atoms with Gasteiger partial charge in [0.1, 0.15) is 17.5 Å². The van der Waals surface area contributed by atoms with E-state index in [-0.39, 0.29) is 17.9 Å². The lowest BCUT2D eigenvalue weighted by Crippen LogP contribution is -2.30. The molecule has 0 bridgehead atoms. The van der Waals surface area contributed by atoms with Crippen LogP contribution >= 0.6 is 0 Å². The largest absolute Gasteiger partial charge is 0.494 e. The zero-order chi connectivity index (χ0) is 28.8. The Kier molecular flexibility index (Phi) is 8.63. The smallest absolute Gasteiger partial charge is 0.417 e. The van der Waals surface area contributed by atoms with Gasteiger partial charge in [0.15, 0.2) is 5.82 Å². The topological polar surface area (TPSA) is 89.5 Å². The van der Waals surface area contributed by atoms with Crippen molar-refractivity contribution in [2.75, 3.05) is 32.8 Å². The van der Waals surface area contributed by atoms with E-state index in [1.54, 1.807) is 0 Å². The fourth-order valence-electron chi connectivity index (χ4n) is 4.72. The molecule has 5 rings (SSSR count). The molecule has 0 unspecified atom stereocenters. The predicted octanol–water partition coefficient (Wildman–Crippen LogP) is 5.38. The van der Waals surface area contributed by atoms with E-state index in [0.717, 1.165) is 43.1 Å². The third-order valence-electron chi connectivity index (χ3n) is 6.76. The van der Waals surface area contributed by atoms with E-state index in [1.807, 2.05) is 55.5 Å². The van der Waals surface area contributed by atoms with Crippen molar-refractivity contribution in [1.82, 2.24) is 25.2 Å². The fourth-order valence-corrected chi connectivity index (χ4v) is 4.72. The third-order valence-corrected chi connectivity index (χ3v) is 6.76. The number of likely N-dealkylation sites (tertiary alicyclic amines) is 1. The first-order valence-corrected chi connectivity index (χ1v) is 13.5. The van der Waals surface area contributed by atoms with Crippen LogP contribution < -0.4 is 14.8 Å². The highest BCUT2D eigenvalue weighted by Crippen LogP contribution is 2.29. The number of alkyl halides is 3. The summed E-state index contributed by atoms with van der Waals surface area (Å²) < 4.78 is 49.5. The Bertz CT molecular complexity index is 1480. The van der Waals surface area contributed by atoms with Gasteiger partial charge in [-0.2, -0.15) is 13.2 Å². The summed E-state index contributed by atoms with van der Waals surface area (Å²) in [7, 11) is 0. The molecule has 1 amide bonds. The molecule has 2 aromatic heterocycles. The molecule has 0 radical (unpaired) electrons. The van der Waals surface area contributed by atoms with Gasteiger partial charge < -0.3 is 14.8 Å². The van der Waals surface area contributed by atoms with Gasteiger partial charge in [-0.1, -0.05) is 18.2 Å². The maximum absolute atomic E-state index is 13.2. The van der Waals surface area contributed by atoms with Crippen LogP contribution in [0.5, 0.6) is 11.6 Å². The van der Waals surface area contributed by atoms with Crippen LogP contribution in [0.1, 0.15) is 35.8 Å². The van der Waals surface area contributed by atoms with Crippen molar-refractivity contribution in [2.45, 2.75) is 32.0 Å². The second kappa shape index (κ2) is 12.5. The lowest BCUT2D eigenvalue weighted by atomic mass is 10.1. The Morgan fingerprint density at radius 3 is 2.61 bits per heavy atom. The number of amides is 1. The first-order valence-electron chi connectivity index (χ1n) is 13.5. The Morgan fingerprint density at radius 2 is 1.88 bits per heavy atom. The molecule has 1 N–H and O–H groups in total. The SMILES string of the molecule is CCOc1ccc(-c2nc(C(=O)NCCCN3CC[C@H](Oc4ccc(C(F)(F)F)cn4)C3)c3ccccc3n2)cc1. The zero-order valence-electron chi connectivity index (χ0n) is 22.5. The number of fused-ring (bicyclic) bond motifs is 1. The molecule has 0 saturated carbocycles. The van der Waals surface area contributed by atoms with Crippen LogP contribution in [-0.4, -0.2) is 64.6 Å². The van der Waals surface area contributed by atoms with Gasteiger partial charge in [0.05, 0.1) is 17.7 Å². The minimum Gasteiger partial charge on any atom is -0.494 e. The Morgan fingerprint density at radius 1 is 1.07 bits per heavy atom. The first kappa shape index (κ1) is 28.3. The molecular formula is C30H30F3N5O3. The minimum atomic E-state index is -4.43. The number of hydrogen-bond acceptors (Lipinski definition) is 7. The number of hydrogen-bond donors (Lipinski definition) is 1. The van der Waals surface area contributed by atoms with Crippen molar-refractivity contribution in [3.8, 4) is 23.0 Å². The number of benzene rings is 2. The van der Waals surface area contributed by atoms with Crippen molar-refractivity contribution in [2.24, 2.45) is 0 Å². The molecule has 1 aliphatic rings. The molecule has 1 atom stereocenters. The molecule has 11 heteroatoms. The maximum atomic E-state index is 13.2. The number of para-hydroxylation sites is 1. The third kappa shape index (κ3) is 7.10. The van der Waals surface area contributed by atoms with Crippen molar-refractivity contribution in [3.63, 3.8) is 0 Å². The van der Waals surface area contributed by atoms with Gasteiger partial charge in [-0.05, 0) is 62.7 Å².